The van der Waals surface area contributed by atoms with Gasteiger partial charge in [0.25, 0.3) is 11.8 Å². The van der Waals surface area contributed by atoms with Gasteiger partial charge in [0.2, 0.25) is 0 Å². The number of amides is 2. The first-order valence-corrected chi connectivity index (χ1v) is 13.8. The van der Waals surface area contributed by atoms with Crippen molar-refractivity contribution >= 4 is 35.1 Å². The van der Waals surface area contributed by atoms with Gasteiger partial charge in [0, 0.05) is 30.2 Å². The van der Waals surface area contributed by atoms with Gasteiger partial charge < -0.3 is 15.3 Å². The predicted molar refractivity (Wildman–Crippen MR) is 158 cm³/mol. The van der Waals surface area contributed by atoms with Crippen molar-refractivity contribution in [1.82, 2.24) is 29.9 Å². The summed E-state index contributed by atoms with van der Waals surface area (Å²) >= 11 is 5.92. The van der Waals surface area contributed by atoms with E-state index in [0.717, 1.165) is 21.4 Å². The van der Waals surface area contributed by atoms with Crippen molar-refractivity contribution in [2.75, 3.05) is 11.9 Å². The molecule has 3 aromatic carbocycles. The van der Waals surface area contributed by atoms with Crippen LogP contribution in [0.1, 0.15) is 43.6 Å². The first kappa shape index (κ1) is 28.6. The van der Waals surface area contributed by atoms with E-state index < -0.39 is 29.6 Å². The largest absolute Gasteiger partial charge is 0.478 e. The number of carboxylic acids is 1. The molecule has 3 heterocycles. The molecule has 2 N–H and O–H groups in total. The topological polar surface area (TPSA) is 143 Å². The Morgan fingerprint density at radius 3 is 2.59 bits per heavy atom. The molecule has 44 heavy (non-hydrogen) atoms. The van der Waals surface area contributed by atoms with Crippen LogP contribution in [0.5, 0.6) is 0 Å². The molecule has 2 amide bonds. The molecule has 11 nitrogen and oxygen atoms in total. The molecule has 13 heteroatoms. The minimum atomic E-state index is -1.09. The molecule has 0 bridgehead atoms. The van der Waals surface area contributed by atoms with E-state index in [-0.39, 0.29) is 28.5 Å². The van der Waals surface area contributed by atoms with Crippen LogP contribution in [0, 0.1) is 12.7 Å². The van der Waals surface area contributed by atoms with E-state index in [0.29, 0.717) is 23.2 Å². The average molecular weight is 612 g/mol. The smallest absolute Gasteiger partial charge is 0.335 e. The summed E-state index contributed by atoms with van der Waals surface area (Å²) in [4.78, 5) is 49.1. The van der Waals surface area contributed by atoms with Gasteiger partial charge in [-0.05, 0) is 65.9 Å². The van der Waals surface area contributed by atoms with E-state index in [9.17, 15) is 23.9 Å². The van der Waals surface area contributed by atoms with Gasteiger partial charge in [-0.2, -0.15) is 0 Å². The molecular weight excluding hydrogens is 589 g/mol. The third-order valence-corrected chi connectivity index (χ3v) is 7.71. The summed E-state index contributed by atoms with van der Waals surface area (Å²) in [5, 5.41) is 20.0. The number of benzene rings is 3. The Bertz CT molecular complexity index is 1930. The lowest BCUT2D eigenvalue weighted by atomic mass is 9.86. The Morgan fingerprint density at radius 1 is 1.07 bits per heavy atom. The van der Waals surface area contributed by atoms with Gasteiger partial charge in [-0.1, -0.05) is 41.1 Å². The lowest BCUT2D eigenvalue weighted by molar-refractivity contribution is -0.121. The van der Waals surface area contributed by atoms with E-state index >= 15 is 0 Å². The monoisotopic (exact) mass is 611 g/mol. The Hall–Kier alpha value is -5.49. The maximum absolute atomic E-state index is 14.7. The van der Waals surface area contributed by atoms with E-state index in [2.05, 4.69) is 25.6 Å². The molecule has 220 valence electrons. The summed E-state index contributed by atoms with van der Waals surface area (Å²) in [5.74, 6) is -2.91. The van der Waals surface area contributed by atoms with E-state index in [1.807, 2.05) is 6.07 Å². The molecule has 0 radical (unpaired) electrons. The van der Waals surface area contributed by atoms with E-state index in [1.165, 1.54) is 41.7 Å². The Kier molecular flexibility index (Phi) is 7.58. The molecule has 0 saturated heterocycles. The number of aromatic nitrogens is 5. The van der Waals surface area contributed by atoms with Crippen LogP contribution in [0.2, 0.25) is 5.02 Å². The number of carbonyl (C=O) groups is 3. The van der Waals surface area contributed by atoms with E-state index in [4.69, 9.17) is 11.6 Å². The summed E-state index contributed by atoms with van der Waals surface area (Å²) < 4.78 is 15.8. The van der Waals surface area contributed by atoms with Crippen molar-refractivity contribution < 1.29 is 23.9 Å². The standard InChI is InChI=1S/C31H23ClFN7O4/c1-17-12-19(8-9-20(17)31(43)44)36-29(41)28-23-5-2-4-21(18-13-34-16-35-14-18)22(23)10-11-39(28)30(42)25-15-40(38-37-25)26-7-3-6-24(32)27(26)33/h2-9,12-16,28H,10-11H2,1H3,(H,36,41)(H,43,44)/t28-/m1/s1. The van der Waals surface area contributed by atoms with Crippen molar-refractivity contribution in [1.29, 1.82) is 0 Å². The van der Waals surface area contributed by atoms with Gasteiger partial charge in [-0.25, -0.2) is 23.8 Å². The van der Waals surface area contributed by atoms with Gasteiger partial charge in [0.05, 0.1) is 16.8 Å². The average Bonchev–Trinajstić information content (AvgIpc) is 3.51. The molecule has 0 aliphatic carbocycles. The fraction of sp³-hybridized carbons (Fsp3) is 0.129. The zero-order chi connectivity index (χ0) is 31.0. The number of hydrogen-bond donors (Lipinski definition) is 2. The zero-order valence-electron chi connectivity index (χ0n) is 23.1. The van der Waals surface area contributed by atoms with Crippen LogP contribution < -0.4 is 5.32 Å². The van der Waals surface area contributed by atoms with E-state index in [1.54, 1.807) is 43.6 Å². The summed E-state index contributed by atoms with van der Waals surface area (Å²) in [6, 6.07) is 13.2. The molecule has 0 spiro atoms. The minimum Gasteiger partial charge on any atom is -0.478 e. The maximum Gasteiger partial charge on any atom is 0.335 e. The van der Waals surface area contributed by atoms with Crippen LogP contribution in [-0.4, -0.2) is 59.3 Å². The molecule has 1 aliphatic heterocycles. The number of hydrogen-bond acceptors (Lipinski definition) is 7. The number of nitrogens with one attached hydrogen (secondary N) is 1. The first-order valence-electron chi connectivity index (χ1n) is 13.4. The minimum absolute atomic E-state index is 0.0113. The van der Waals surface area contributed by atoms with Gasteiger partial charge in [0.1, 0.15) is 18.1 Å². The lowest BCUT2D eigenvalue weighted by Crippen LogP contribution is -2.45. The molecule has 6 rings (SSSR count). The fourth-order valence-corrected chi connectivity index (χ4v) is 5.54. The summed E-state index contributed by atoms with van der Waals surface area (Å²) in [6.45, 7) is 1.79. The molecule has 5 aromatic rings. The highest BCUT2D eigenvalue weighted by Gasteiger charge is 2.38. The highest BCUT2D eigenvalue weighted by Crippen LogP contribution is 2.37. The van der Waals surface area contributed by atoms with Gasteiger partial charge in [0.15, 0.2) is 11.5 Å². The SMILES string of the molecule is Cc1cc(NC(=O)[C@H]2c3cccc(-c4cncnc4)c3CCN2C(=O)c2cn(-c3cccc(Cl)c3F)nn2)ccc1C(=O)O. The molecule has 1 aliphatic rings. The van der Waals surface area contributed by atoms with Gasteiger partial charge in [-0.3, -0.25) is 9.59 Å². The zero-order valence-corrected chi connectivity index (χ0v) is 23.9. The number of carbonyl (C=O) groups excluding carboxylic acids is 2. The van der Waals surface area contributed by atoms with Crippen molar-refractivity contribution in [3.8, 4) is 16.8 Å². The Labute approximate surface area is 255 Å². The number of fused-ring (bicyclic) bond motifs is 1. The van der Waals surface area contributed by atoms with Crippen molar-refractivity contribution in [3.05, 3.63) is 118 Å². The fourth-order valence-electron chi connectivity index (χ4n) is 5.37. The second-order valence-electron chi connectivity index (χ2n) is 10.1. The number of nitrogens with zero attached hydrogens (tertiary/aromatic N) is 6. The maximum atomic E-state index is 14.7. The normalized spacial score (nSPS) is 14.2. The van der Waals surface area contributed by atoms with Crippen LogP contribution in [-0.2, 0) is 11.2 Å². The van der Waals surface area contributed by atoms with Gasteiger partial charge >= 0.3 is 5.97 Å². The third-order valence-electron chi connectivity index (χ3n) is 7.42. The van der Waals surface area contributed by atoms with Crippen molar-refractivity contribution in [2.24, 2.45) is 0 Å². The Morgan fingerprint density at radius 2 is 1.84 bits per heavy atom. The number of aromatic carboxylic acids is 1. The molecule has 1 atom stereocenters. The highest BCUT2D eigenvalue weighted by atomic mass is 35.5. The lowest BCUT2D eigenvalue weighted by Gasteiger charge is -2.36. The molecule has 0 saturated carbocycles. The first-order chi connectivity index (χ1) is 21.2. The molecule has 2 aromatic heterocycles. The molecular formula is C31H23ClFN7O4. The van der Waals surface area contributed by atoms with Crippen LogP contribution in [0.4, 0.5) is 10.1 Å². The number of aryl methyl sites for hydroxylation is 1. The second-order valence-corrected chi connectivity index (χ2v) is 10.5. The molecule has 0 unspecified atom stereocenters. The van der Waals surface area contributed by atoms with Crippen LogP contribution in [0.3, 0.4) is 0 Å². The van der Waals surface area contributed by atoms with Crippen LogP contribution in [0.15, 0.2) is 79.5 Å². The Balaban J connectivity index is 1.39. The summed E-state index contributed by atoms with van der Waals surface area (Å²) in [7, 11) is 0. The highest BCUT2D eigenvalue weighted by molar-refractivity contribution is 6.30. The molecule has 0 fully saturated rings. The van der Waals surface area contributed by atoms with Crippen LogP contribution in [0.25, 0.3) is 16.8 Å². The number of rotatable bonds is 6. The predicted octanol–water partition coefficient (Wildman–Crippen LogP) is 4.90. The van der Waals surface area contributed by atoms with Crippen molar-refractivity contribution in [2.45, 2.75) is 19.4 Å². The summed E-state index contributed by atoms with van der Waals surface area (Å²) in [6.07, 6.45) is 6.48. The second kappa shape index (κ2) is 11.7. The number of carboxylic acid groups (broad SMARTS) is 1. The number of halogens is 2. The summed E-state index contributed by atoms with van der Waals surface area (Å²) in [5.41, 5.74) is 3.89. The van der Waals surface area contributed by atoms with Crippen molar-refractivity contribution in [3.63, 3.8) is 0 Å². The van der Waals surface area contributed by atoms with Gasteiger partial charge in [-0.15, -0.1) is 5.10 Å². The third kappa shape index (κ3) is 5.26. The van der Waals surface area contributed by atoms with Crippen LogP contribution >= 0.6 is 11.6 Å². The number of anilines is 1. The quantitative estimate of drug-likeness (QED) is 0.276.